The monoisotopic (exact) mass is 363 g/mol. The molecule has 2 aromatic carbocycles. The van der Waals surface area contributed by atoms with Gasteiger partial charge in [0.25, 0.3) is 0 Å². The van der Waals surface area contributed by atoms with Crippen LogP contribution in [0.4, 0.5) is 0 Å². The molecule has 0 spiro atoms. The Bertz CT molecular complexity index is 721. The van der Waals surface area contributed by atoms with Gasteiger partial charge in [0.15, 0.2) is 11.5 Å². The van der Waals surface area contributed by atoms with Gasteiger partial charge in [0, 0.05) is 6.54 Å². The molecule has 25 heavy (non-hydrogen) atoms. The van der Waals surface area contributed by atoms with Crippen molar-refractivity contribution in [3.8, 4) is 11.5 Å². The van der Waals surface area contributed by atoms with Gasteiger partial charge in [-0.2, -0.15) is 0 Å². The maximum absolute atomic E-state index is 12.3. The van der Waals surface area contributed by atoms with Gasteiger partial charge in [-0.05, 0) is 35.2 Å². The van der Waals surface area contributed by atoms with Crippen molar-refractivity contribution in [1.29, 1.82) is 0 Å². The second-order valence-corrected chi connectivity index (χ2v) is 5.71. The third kappa shape index (κ3) is 4.44. The molecule has 1 aliphatic heterocycles. The van der Waals surface area contributed by atoms with E-state index in [0.29, 0.717) is 24.5 Å². The molecule has 0 saturated carbocycles. The van der Waals surface area contributed by atoms with Crippen LogP contribution in [-0.2, 0) is 29.1 Å². The van der Waals surface area contributed by atoms with Crippen LogP contribution in [0.5, 0.6) is 11.5 Å². The van der Waals surface area contributed by atoms with Crippen LogP contribution >= 0.6 is 12.4 Å². The van der Waals surface area contributed by atoms with E-state index in [0.717, 1.165) is 16.7 Å². The van der Waals surface area contributed by atoms with E-state index >= 15 is 0 Å². The predicted molar refractivity (Wildman–Crippen MR) is 97.4 cm³/mol. The van der Waals surface area contributed by atoms with Gasteiger partial charge < -0.3 is 19.5 Å². The standard InChI is InChI=1S/C19H21NO4.ClH/c1-22-17-9-14-8-16(20-11-15(14)10-18(17)23-2)19(21)24-12-13-6-4-3-5-7-13;/h3-7,9-10,16,20H,8,11-12H2,1-2H3;1H. The summed E-state index contributed by atoms with van der Waals surface area (Å²) in [7, 11) is 3.22. The van der Waals surface area contributed by atoms with Gasteiger partial charge in [-0.25, -0.2) is 0 Å². The Balaban J connectivity index is 0.00000225. The van der Waals surface area contributed by atoms with Gasteiger partial charge in [-0.3, -0.25) is 4.79 Å². The molecule has 5 nitrogen and oxygen atoms in total. The molecular weight excluding hydrogens is 342 g/mol. The summed E-state index contributed by atoms with van der Waals surface area (Å²) in [6.45, 7) is 0.886. The largest absolute Gasteiger partial charge is 0.493 e. The summed E-state index contributed by atoms with van der Waals surface area (Å²) in [5.41, 5.74) is 3.17. The van der Waals surface area contributed by atoms with E-state index in [9.17, 15) is 4.79 Å². The minimum atomic E-state index is -0.348. The molecule has 3 rings (SSSR count). The summed E-state index contributed by atoms with van der Waals surface area (Å²) >= 11 is 0. The van der Waals surface area contributed by atoms with Crippen molar-refractivity contribution in [3.63, 3.8) is 0 Å². The van der Waals surface area contributed by atoms with Gasteiger partial charge in [-0.15, -0.1) is 12.4 Å². The Hall–Kier alpha value is -2.24. The van der Waals surface area contributed by atoms with Crippen molar-refractivity contribution >= 4 is 18.4 Å². The van der Waals surface area contributed by atoms with Gasteiger partial charge in [0.05, 0.1) is 14.2 Å². The Morgan fingerprint density at radius 3 is 2.36 bits per heavy atom. The first kappa shape index (κ1) is 19.1. The molecule has 0 fully saturated rings. The molecule has 0 aromatic heterocycles. The zero-order valence-electron chi connectivity index (χ0n) is 14.3. The normalized spacial score (nSPS) is 15.5. The molecule has 2 aromatic rings. The van der Waals surface area contributed by atoms with E-state index in [1.807, 2.05) is 42.5 Å². The highest BCUT2D eigenvalue weighted by Crippen LogP contribution is 2.32. The average Bonchev–Trinajstić information content (AvgIpc) is 2.65. The molecule has 1 heterocycles. The highest BCUT2D eigenvalue weighted by Gasteiger charge is 2.26. The lowest BCUT2D eigenvalue weighted by molar-refractivity contribution is -0.147. The lowest BCUT2D eigenvalue weighted by Gasteiger charge is -2.26. The highest BCUT2D eigenvalue weighted by atomic mass is 35.5. The van der Waals surface area contributed by atoms with Crippen LogP contribution in [0, 0.1) is 0 Å². The van der Waals surface area contributed by atoms with E-state index in [1.54, 1.807) is 14.2 Å². The molecule has 0 amide bonds. The Morgan fingerprint density at radius 1 is 1.08 bits per heavy atom. The maximum atomic E-state index is 12.3. The molecule has 0 radical (unpaired) electrons. The number of hydrogen-bond acceptors (Lipinski definition) is 5. The zero-order chi connectivity index (χ0) is 16.9. The lowest BCUT2D eigenvalue weighted by atomic mass is 9.95. The van der Waals surface area contributed by atoms with E-state index in [2.05, 4.69) is 5.32 Å². The first-order chi connectivity index (χ1) is 11.7. The van der Waals surface area contributed by atoms with Crippen molar-refractivity contribution in [2.45, 2.75) is 25.6 Å². The Labute approximate surface area is 153 Å². The number of hydrogen-bond donors (Lipinski definition) is 1. The maximum Gasteiger partial charge on any atom is 0.323 e. The van der Waals surface area contributed by atoms with Crippen LogP contribution in [-0.4, -0.2) is 26.2 Å². The SMILES string of the molecule is COc1cc2c(cc1OC)CC(C(=O)OCc1ccccc1)NC2.Cl. The van der Waals surface area contributed by atoms with E-state index in [1.165, 1.54) is 0 Å². The molecule has 1 atom stereocenters. The second-order valence-electron chi connectivity index (χ2n) is 5.71. The summed E-state index contributed by atoms with van der Waals surface area (Å²) < 4.78 is 16.1. The van der Waals surface area contributed by atoms with Crippen LogP contribution in [0.2, 0.25) is 0 Å². The molecule has 1 unspecified atom stereocenters. The number of esters is 1. The molecule has 0 saturated heterocycles. The Kier molecular flexibility index (Phi) is 6.67. The number of halogens is 1. The molecule has 0 bridgehead atoms. The first-order valence-electron chi connectivity index (χ1n) is 7.89. The van der Waals surface area contributed by atoms with Gasteiger partial charge in [0.1, 0.15) is 12.6 Å². The third-order valence-corrected chi connectivity index (χ3v) is 4.18. The van der Waals surface area contributed by atoms with Gasteiger partial charge in [-0.1, -0.05) is 30.3 Å². The number of nitrogens with one attached hydrogen (secondary N) is 1. The van der Waals surface area contributed by atoms with Crippen LogP contribution in [0.1, 0.15) is 16.7 Å². The van der Waals surface area contributed by atoms with Crippen molar-refractivity contribution in [3.05, 3.63) is 59.2 Å². The van der Waals surface area contributed by atoms with Crippen LogP contribution in [0.15, 0.2) is 42.5 Å². The van der Waals surface area contributed by atoms with E-state index in [4.69, 9.17) is 14.2 Å². The number of benzene rings is 2. The van der Waals surface area contributed by atoms with Crippen molar-refractivity contribution in [2.24, 2.45) is 0 Å². The minimum absolute atomic E-state index is 0. The minimum Gasteiger partial charge on any atom is -0.493 e. The topological polar surface area (TPSA) is 56.8 Å². The molecule has 0 aliphatic carbocycles. The molecule has 1 aliphatic rings. The third-order valence-electron chi connectivity index (χ3n) is 4.18. The smallest absolute Gasteiger partial charge is 0.323 e. The highest BCUT2D eigenvalue weighted by molar-refractivity contribution is 5.85. The molecule has 1 N–H and O–H groups in total. The van der Waals surface area contributed by atoms with Crippen molar-refractivity contribution < 1.29 is 19.0 Å². The summed E-state index contributed by atoms with van der Waals surface area (Å²) in [6, 6.07) is 13.2. The summed E-state index contributed by atoms with van der Waals surface area (Å²) in [5.74, 6) is 1.14. The lowest BCUT2D eigenvalue weighted by Crippen LogP contribution is -2.42. The number of carbonyl (C=O) groups excluding carboxylic acids is 1. The average molecular weight is 364 g/mol. The van der Waals surface area contributed by atoms with Crippen LogP contribution in [0.25, 0.3) is 0 Å². The molecule has 6 heteroatoms. The van der Waals surface area contributed by atoms with Crippen molar-refractivity contribution in [2.75, 3.05) is 14.2 Å². The fraction of sp³-hybridized carbons (Fsp3) is 0.316. The number of methoxy groups -OCH3 is 2. The fourth-order valence-electron chi connectivity index (χ4n) is 2.84. The number of carbonyl (C=O) groups is 1. The van der Waals surface area contributed by atoms with Crippen LogP contribution in [0.3, 0.4) is 0 Å². The fourth-order valence-corrected chi connectivity index (χ4v) is 2.84. The van der Waals surface area contributed by atoms with E-state index < -0.39 is 0 Å². The van der Waals surface area contributed by atoms with Crippen LogP contribution < -0.4 is 14.8 Å². The summed E-state index contributed by atoms with van der Waals surface area (Å²) in [6.07, 6.45) is 0.573. The van der Waals surface area contributed by atoms with Gasteiger partial charge in [0.2, 0.25) is 0 Å². The quantitative estimate of drug-likeness (QED) is 0.828. The molecular formula is C19H22ClNO4. The Morgan fingerprint density at radius 2 is 1.72 bits per heavy atom. The zero-order valence-corrected chi connectivity index (χ0v) is 15.1. The first-order valence-corrected chi connectivity index (χ1v) is 7.89. The summed E-state index contributed by atoms with van der Waals surface area (Å²) in [5, 5.41) is 3.23. The number of fused-ring (bicyclic) bond motifs is 1. The molecule has 134 valence electrons. The second kappa shape index (κ2) is 8.74. The summed E-state index contributed by atoms with van der Waals surface area (Å²) in [4.78, 5) is 12.3. The van der Waals surface area contributed by atoms with E-state index in [-0.39, 0.29) is 31.0 Å². The van der Waals surface area contributed by atoms with Crippen molar-refractivity contribution in [1.82, 2.24) is 5.32 Å². The van der Waals surface area contributed by atoms with Gasteiger partial charge >= 0.3 is 5.97 Å². The number of rotatable bonds is 5. The predicted octanol–water partition coefficient (Wildman–Crippen LogP) is 2.88. The number of ether oxygens (including phenoxy) is 3.